The maximum atomic E-state index is 12.1. The zero-order valence-corrected chi connectivity index (χ0v) is 12.0. The molecule has 2 saturated heterocycles. The zero-order chi connectivity index (χ0) is 13.7. The van der Waals surface area contributed by atoms with Gasteiger partial charge in [0.1, 0.15) is 5.78 Å². The van der Waals surface area contributed by atoms with E-state index in [2.05, 4.69) is 34.5 Å². The van der Waals surface area contributed by atoms with Crippen LogP contribution in [0, 0.1) is 5.92 Å². The van der Waals surface area contributed by atoms with Crippen LogP contribution < -0.4 is 5.32 Å². The lowest BCUT2D eigenvalue weighted by molar-refractivity contribution is -0.125. The van der Waals surface area contributed by atoms with E-state index in [0.717, 1.165) is 19.5 Å². The summed E-state index contributed by atoms with van der Waals surface area (Å²) in [4.78, 5) is 14.6. The highest BCUT2D eigenvalue weighted by atomic mass is 16.1. The van der Waals surface area contributed by atoms with Crippen LogP contribution in [0.2, 0.25) is 0 Å². The maximum Gasteiger partial charge on any atom is 0.134 e. The summed E-state index contributed by atoms with van der Waals surface area (Å²) in [6.07, 6.45) is 3.46. The summed E-state index contributed by atoms with van der Waals surface area (Å²) in [5, 5.41) is 3.73. The van der Waals surface area contributed by atoms with Crippen molar-refractivity contribution in [1.29, 1.82) is 0 Å². The SMILES string of the molecule is CC(=O)C1CCCN2CCC3c4ccccc4NC3C12. The van der Waals surface area contributed by atoms with Gasteiger partial charge in [0.2, 0.25) is 0 Å². The monoisotopic (exact) mass is 270 g/mol. The van der Waals surface area contributed by atoms with Crippen molar-refractivity contribution in [2.24, 2.45) is 5.92 Å². The second-order valence-corrected chi connectivity index (χ2v) is 6.54. The summed E-state index contributed by atoms with van der Waals surface area (Å²) < 4.78 is 0. The van der Waals surface area contributed by atoms with Crippen LogP contribution in [-0.2, 0) is 4.79 Å². The normalized spacial score (nSPS) is 35.6. The quantitative estimate of drug-likeness (QED) is 0.851. The van der Waals surface area contributed by atoms with Gasteiger partial charge in [-0.15, -0.1) is 0 Å². The molecule has 1 aromatic rings. The van der Waals surface area contributed by atoms with Crippen LogP contribution in [0.1, 0.15) is 37.7 Å². The fraction of sp³-hybridized carbons (Fsp3) is 0.588. The Hall–Kier alpha value is -1.35. The molecule has 0 amide bonds. The number of nitrogens with one attached hydrogen (secondary N) is 1. The molecule has 20 heavy (non-hydrogen) atoms. The molecule has 3 heteroatoms. The van der Waals surface area contributed by atoms with Crippen molar-refractivity contribution in [3.63, 3.8) is 0 Å². The third-order valence-corrected chi connectivity index (χ3v) is 5.53. The Morgan fingerprint density at radius 1 is 1.25 bits per heavy atom. The topological polar surface area (TPSA) is 32.3 Å². The third kappa shape index (κ3) is 1.72. The first-order valence-electron chi connectivity index (χ1n) is 7.85. The molecule has 0 aromatic heterocycles. The number of benzene rings is 1. The van der Waals surface area contributed by atoms with E-state index in [1.54, 1.807) is 6.92 Å². The van der Waals surface area contributed by atoms with Crippen LogP contribution in [0.4, 0.5) is 5.69 Å². The van der Waals surface area contributed by atoms with Gasteiger partial charge in [0, 0.05) is 29.6 Å². The lowest BCUT2D eigenvalue weighted by Crippen LogP contribution is -2.59. The molecule has 0 spiro atoms. The predicted molar refractivity (Wildman–Crippen MR) is 80.0 cm³/mol. The minimum absolute atomic E-state index is 0.221. The number of hydrogen-bond donors (Lipinski definition) is 1. The number of carbonyl (C=O) groups is 1. The van der Waals surface area contributed by atoms with Crippen LogP contribution in [0.15, 0.2) is 24.3 Å². The van der Waals surface area contributed by atoms with Gasteiger partial charge in [-0.05, 0) is 50.9 Å². The zero-order valence-electron chi connectivity index (χ0n) is 12.0. The summed E-state index contributed by atoms with van der Waals surface area (Å²) in [7, 11) is 0. The maximum absolute atomic E-state index is 12.1. The largest absolute Gasteiger partial charge is 0.380 e. The Bertz CT molecular complexity index is 542. The third-order valence-electron chi connectivity index (χ3n) is 5.53. The molecule has 0 saturated carbocycles. The van der Waals surface area contributed by atoms with Gasteiger partial charge >= 0.3 is 0 Å². The molecule has 3 aliphatic rings. The minimum atomic E-state index is 0.221. The van der Waals surface area contributed by atoms with Crippen molar-refractivity contribution < 1.29 is 4.79 Å². The number of Topliss-reactive ketones (excluding diaryl/α,β-unsaturated/α-hetero) is 1. The van der Waals surface area contributed by atoms with E-state index in [4.69, 9.17) is 0 Å². The number of carbonyl (C=O) groups excluding carboxylic acids is 1. The molecular formula is C17H22N2O. The second kappa shape index (κ2) is 4.59. The molecule has 4 atom stereocenters. The van der Waals surface area contributed by atoms with E-state index in [-0.39, 0.29) is 5.92 Å². The number of piperidine rings is 2. The van der Waals surface area contributed by atoms with Crippen molar-refractivity contribution in [1.82, 2.24) is 4.90 Å². The Kier molecular flexibility index (Phi) is 2.84. The summed E-state index contributed by atoms with van der Waals surface area (Å²) in [5.74, 6) is 1.18. The lowest BCUT2D eigenvalue weighted by atomic mass is 9.74. The summed E-state index contributed by atoms with van der Waals surface area (Å²) >= 11 is 0. The number of para-hydroxylation sites is 1. The Morgan fingerprint density at radius 2 is 2.10 bits per heavy atom. The molecule has 106 valence electrons. The van der Waals surface area contributed by atoms with Gasteiger partial charge in [0.05, 0.1) is 0 Å². The van der Waals surface area contributed by atoms with Gasteiger partial charge < -0.3 is 5.32 Å². The molecule has 0 aliphatic carbocycles. The van der Waals surface area contributed by atoms with Crippen LogP contribution in [-0.4, -0.2) is 35.9 Å². The minimum Gasteiger partial charge on any atom is -0.380 e. The van der Waals surface area contributed by atoms with Crippen LogP contribution in [0.5, 0.6) is 0 Å². The molecule has 1 aromatic carbocycles. The van der Waals surface area contributed by atoms with Gasteiger partial charge in [-0.1, -0.05) is 18.2 Å². The van der Waals surface area contributed by atoms with Crippen molar-refractivity contribution >= 4 is 11.5 Å². The van der Waals surface area contributed by atoms with Crippen molar-refractivity contribution in [3.8, 4) is 0 Å². The molecule has 0 bridgehead atoms. The second-order valence-electron chi connectivity index (χ2n) is 6.54. The first kappa shape index (κ1) is 12.4. The molecule has 3 heterocycles. The van der Waals surface area contributed by atoms with E-state index >= 15 is 0 Å². The number of rotatable bonds is 1. The number of anilines is 1. The average molecular weight is 270 g/mol. The van der Waals surface area contributed by atoms with E-state index in [0.29, 0.717) is 23.8 Å². The highest BCUT2D eigenvalue weighted by Gasteiger charge is 2.48. The summed E-state index contributed by atoms with van der Waals surface area (Å²) in [6, 6.07) is 9.50. The molecular weight excluding hydrogens is 248 g/mol. The molecule has 0 radical (unpaired) electrons. The van der Waals surface area contributed by atoms with E-state index in [1.165, 1.54) is 24.1 Å². The molecule has 4 unspecified atom stereocenters. The van der Waals surface area contributed by atoms with Gasteiger partial charge in [-0.25, -0.2) is 0 Å². The van der Waals surface area contributed by atoms with Crippen molar-refractivity contribution in [2.45, 2.75) is 44.2 Å². The molecule has 4 rings (SSSR count). The van der Waals surface area contributed by atoms with Gasteiger partial charge in [0.15, 0.2) is 0 Å². The van der Waals surface area contributed by atoms with Crippen molar-refractivity contribution in [3.05, 3.63) is 29.8 Å². The average Bonchev–Trinajstić information content (AvgIpc) is 2.85. The van der Waals surface area contributed by atoms with Gasteiger partial charge in [-0.2, -0.15) is 0 Å². The lowest BCUT2D eigenvalue weighted by Gasteiger charge is -2.49. The Balaban J connectivity index is 1.70. The highest BCUT2D eigenvalue weighted by Crippen LogP contribution is 2.46. The Morgan fingerprint density at radius 3 is 2.95 bits per heavy atom. The Labute approximate surface area is 120 Å². The van der Waals surface area contributed by atoms with Crippen LogP contribution in [0.3, 0.4) is 0 Å². The van der Waals surface area contributed by atoms with Crippen LogP contribution >= 0.6 is 0 Å². The summed E-state index contributed by atoms with van der Waals surface area (Å²) in [6.45, 7) is 4.08. The standard InChI is InChI=1S/C17H22N2O/c1-11(20)12-6-4-9-19-10-8-14-13-5-2-3-7-15(13)18-16(14)17(12)19/h2-3,5,7,12,14,16-18H,4,6,8-10H2,1H3. The van der Waals surface area contributed by atoms with E-state index in [9.17, 15) is 4.79 Å². The van der Waals surface area contributed by atoms with Gasteiger partial charge in [-0.3, -0.25) is 9.69 Å². The molecule has 1 N–H and O–H groups in total. The van der Waals surface area contributed by atoms with E-state index < -0.39 is 0 Å². The first-order valence-corrected chi connectivity index (χ1v) is 7.85. The number of fused-ring (bicyclic) bond motifs is 5. The molecule has 2 fully saturated rings. The number of nitrogens with zero attached hydrogens (tertiary/aromatic N) is 1. The fourth-order valence-corrected chi connectivity index (χ4v) is 4.66. The van der Waals surface area contributed by atoms with Crippen molar-refractivity contribution in [2.75, 3.05) is 18.4 Å². The first-order chi connectivity index (χ1) is 9.75. The van der Waals surface area contributed by atoms with Gasteiger partial charge in [0.25, 0.3) is 0 Å². The predicted octanol–water partition coefficient (Wildman–Crippen LogP) is 2.64. The van der Waals surface area contributed by atoms with Crippen LogP contribution in [0.25, 0.3) is 0 Å². The molecule has 3 nitrogen and oxygen atoms in total. The highest BCUT2D eigenvalue weighted by molar-refractivity contribution is 5.79. The molecule has 3 aliphatic heterocycles. The number of hydrogen-bond acceptors (Lipinski definition) is 3. The van der Waals surface area contributed by atoms with E-state index in [1.807, 2.05) is 0 Å². The fourth-order valence-electron chi connectivity index (χ4n) is 4.66. The number of ketones is 1. The smallest absolute Gasteiger partial charge is 0.134 e. The summed E-state index contributed by atoms with van der Waals surface area (Å²) in [5.41, 5.74) is 2.75.